The van der Waals surface area contributed by atoms with Crippen LogP contribution in [-0.2, 0) is 11.3 Å². The van der Waals surface area contributed by atoms with Gasteiger partial charge in [0.05, 0.1) is 0 Å². The maximum absolute atomic E-state index is 6.10. The van der Waals surface area contributed by atoms with Crippen molar-refractivity contribution >= 4 is 30.3 Å². The number of aryl methyl sites for hydroxylation is 1. The molecule has 31 heavy (non-hydrogen) atoms. The highest BCUT2D eigenvalue weighted by atomic mass is 35.5. The van der Waals surface area contributed by atoms with Crippen molar-refractivity contribution in [2.45, 2.75) is 59.6 Å². The summed E-state index contributed by atoms with van der Waals surface area (Å²) in [4.78, 5) is 2.54. The van der Waals surface area contributed by atoms with Crippen LogP contribution in [0.4, 0.5) is 0 Å². The van der Waals surface area contributed by atoms with Gasteiger partial charge in [-0.25, -0.2) is 0 Å². The van der Waals surface area contributed by atoms with Gasteiger partial charge in [-0.15, -0.1) is 11.6 Å². The summed E-state index contributed by atoms with van der Waals surface area (Å²) >= 11 is 5.72. The van der Waals surface area contributed by atoms with E-state index >= 15 is 0 Å². The van der Waals surface area contributed by atoms with Crippen molar-refractivity contribution < 1.29 is 4.74 Å². The number of aromatic nitrogens is 1. The van der Waals surface area contributed by atoms with Crippen LogP contribution in [0.2, 0.25) is 0 Å². The first-order valence-corrected chi connectivity index (χ1v) is 12.1. The molecule has 0 unspecified atom stereocenters. The number of hydrogen-bond acceptors (Lipinski definition) is 2. The number of hydrogen-bond donors (Lipinski definition) is 0. The fourth-order valence-corrected chi connectivity index (χ4v) is 3.74. The Hall–Kier alpha value is -1.97. The summed E-state index contributed by atoms with van der Waals surface area (Å²) in [6, 6.07) is 0. The Morgan fingerprint density at radius 3 is 2.52 bits per heavy atom. The van der Waals surface area contributed by atoms with Gasteiger partial charge in [-0.2, -0.15) is 0 Å². The molecule has 3 nitrogen and oxygen atoms in total. The molecule has 0 N–H and O–H groups in total. The van der Waals surface area contributed by atoms with E-state index in [0.717, 1.165) is 62.1 Å². The summed E-state index contributed by atoms with van der Waals surface area (Å²) in [5.74, 6) is 1.43. The maximum Gasteiger partial charge on any atom is 0.115 e. The SMILES string of the molecule is C=Cc1cn(CCCN2CCC(OC(/C=C\CCl)=C/C)CC2)c(=C)/c1=C\C=C/C.CC. The fourth-order valence-electron chi connectivity index (χ4n) is 3.66. The molecule has 0 radical (unpaired) electrons. The number of ether oxygens (including phenoxy) is 1. The van der Waals surface area contributed by atoms with Crippen molar-refractivity contribution in [2.24, 2.45) is 0 Å². The van der Waals surface area contributed by atoms with E-state index in [1.165, 1.54) is 5.22 Å². The summed E-state index contributed by atoms with van der Waals surface area (Å²) in [5.41, 5.74) is 1.15. The molecule has 0 saturated carbocycles. The summed E-state index contributed by atoms with van der Waals surface area (Å²) in [7, 11) is 0. The van der Waals surface area contributed by atoms with Crippen LogP contribution < -0.4 is 10.6 Å². The third-order valence-electron chi connectivity index (χ3n) is 5.31. The highest BCUT2D eigenvalue weighted by molar-refractivity contribution is 6.18. The van der Waals surface area contributed by atoms with Crippen molar-refractivity contribution in [3.63, 3.8) is 0 Å². The number of piperidine rings is 1. The number of halogens is 1. The Bertz CT molecular complexity index is 839. The summed E-state index contributed by atoms with van der Waals surface area (Å²) in [5, 5.41) is 2.23. The third kappa shape index (κ3) is 8.96. The van der Waals surface area contributed by atoms with Gasteiger partial charge in [-0.3, -0.25) is 0 Å². The number of nitrogens with zero attached hydrogens (tertiary/aromatic N) is 2. The number of allylic oxidation sites excluding steroid dienone is 5. The minimum absolute atomic E-state index is 0.299. The molecule has 2 heterocycles. The maximum atomic E-state index is 6.10. The van der Waals surface area contributed by atoms with Gasteiger partial charge in [0.2, 0.25) is 0 Å². The van der Waals surface area contributed by atoms with E-state index in [4.69, 9.17) is 16.3 Å². The number of rotatable bonds is 10. The Morgan fingerprint density at radius 2 is 1.94 bits per heavy atom. The predicted molar refractivity (Wildman–Crippen MR) is 139 cm³/mol. The van der Waals surface area contributed by atoms with E-state index in [-0.39, 0.29) is 0 Å². The summed E-state index contributed by atoms with van der Waals surface area (Å²) < 4.78 is 8.35. The topological polar surface area (TPSA) is 17.4 Å². The lowest BCUT2D eigenvalue weighted by molar-refractivity contribution is 0.0548. The molecule has 2 rings (SSSR count). The Kier molecular flexibility index (Phi) is 13.8. The van der Waals surface area contributed by atoms with Gasteiger partial charge in [0.15, 0.2) is 0 Å². The fraction of sp³-hybridized carbons (Fsp3) is 0.481. The number of alkyl halides is 1. The van der Waals surface area contributed by atoms with Gasteiger partial charge in [0.25, 0.3) is 0 Å². The van der Waals surface area contributed by atoms with Gasteiger partial charge >= 0.3 is 0 Å². The summed E-state index contributed by atoms with van der Waals surface area (Å²) in [6.07, 6.45) is 19.7. The average molecular weight is 445 g/mol. The molecule has 1 aliphatic rings. The molecule has 172 valence electrons. The van der Waals surface area contributed by atoms with E-state index in [2.05, 4.69) is 41.0 Å². The molecule has 0 amide bonds. The zero-order valence-electron chi connectivity index (χ0n) is 19.9. The van der Waals surface area contributed by atoms with E-state index in [1.54, 1.807) is 0 Å². The van der Waals surface area contributed by atoms with Crippen molar-refractivity contribution in [2.75, 3.05) is 25.5 Å². The van der Waals surface area contributed by atoms with Crippen LogP contribution in [0, 0.1) is 0 Å². The molecule has 4 heteroatoms. The standard InChI is InChI=1S/C25H35ClN2O.C2H6/c1-5-8-12-25-21(4)28(20-22(25)6-2)17-10-16-27-18-13-24(14-19-27)29-23(7-3)11-9-15-26;1-2/h5-9,11-12,20,24H,2,4,10,13-19H2,1,3H3;1-2H3/b8-5-,11-9-,23-7+,25-12+;. The lowest BCUT2D eigenvalue weighted by Crippen LogP contribution is -2.38. The molecule has 0 bridgehead atoms. The van der Waals surface area contributed by atoms with Crippen LogP contribution in [0.3, 0.4) is 0 Å². The van der Waals surface area contributed by atoms with E-state index in [9.17, 15) is 0 Å². The molecule has 1 aromatic rings. The highest BCUT2D eigenvalue weighted by Crippen LogP contribution is 2.17. The van der Waals surface area contributed by atoms with Crippen LogP contribution in [0.15, 0.2) is 48.9 Å². The van der Waals surface area contributed by atoms with Crippen molar-refractivity contribution in [3.05, 3.63) is 65.0 Å². The van der Waals surface area contributed by atoms with E-state index in [0.29, 0.717) is 12.0 Å². The lowest BCUT2D eigenvalue weighted by Gasteiger charge is -2.32. The minimum Gasteiger partial charge on any atom is -0.491 e. The van der Waals surface area contributed by atoms with Crippen molar-refractivity contribution in [3.8, 4) is 0 Å². The Morgan fingerprint density at radius 1 is 1.23 bits per heavy atom. The molecular formula is C27H41ClN2O. The molecule has 0 atom stereocenters. The molecule has 0 aliphatic carbocycles. The van der Waals surface area contributed by atoms with Crippen LogP contribution in [0.25, 0.3) is 18.7 Å². The van der Waals surface area contributed by atoms with E-state index in [1.807, 2.05) is 58.1 Å². The largest absolute Gasteiger partial charge is 0.491 e. The highest BCUT2D eigenvalue weighted by Gasteiger charge is 2.20. The van der Waals surface area contributed by atoms with Crippen LogP contribution >= 0.6 is 11.6 Å². The van der Waals surface area contributed by atoms with Gasteiger partial charge in [-0.1, -0.05) is 57.4 Å². The van der Waals surface area contributed by atoms with E-state index < -0.39 is 0 Å². The molecule has 1 saturated heterocycles. The minimum atomic E-state index is 0.299. The van der Waals surface area contributed by atoms with Crippen LogP contribution in [-0.4, -0.2) is 41.1 Å². The monoisotopic (exact) mass is 444 g/mol. The molecular weight excluding hydrogens is 404 g/mol. The Balaban J connectivity index is 0.00000233. The smallest absolute Gasteiger partial charge is 0.115 e. The second-order valence-corrected chi connectivity index (χ2v) is 7.60. The lowest BCUT2D eigenvalue weighted by atomic mass is 10.1. The van der Waals surface area contributed by atoms with Crippen LogP contribution in [0.1, 0.15) is 52.5 Å². The second-order valence-electron chi connectivity index (χ2n) is 7.29. The third-order valence-corrected chi connectivity index (χ3v) is 5.48. The normalized spacial score (nSPS) is 16.7. The van der Waals surface area contributed by atoms with Gasteiger partial charge < -0.3 is 14.2 Å². The molecule has 0 spiro atoms. The molecule has 1 fully saturated rings. The molecule has 1 aliphatic heterocycles. The quantitative estimate of drug-likeness (QED) is 0.269. The first-order valence-electron chi connectivity index (χ1n) is 11.5. The Labute approximate surface area is 194 Å². The average Bonchev–Trinajstić information content (AvgIpc) is 3.12. The first kappa shape index (κ1) is 27.1. The first-order chi connectivity index (χ1) is 15.1. The molecule has 1 aromatic heterocycles. The van der Waals surface area contributed by atoms with Gasteiger partial charge in [0.1, 0.15) is 11.9 Å². The zero-order chi connectivity index (χ0) is 23.1. The van der Waals surface area contributed by atoms with Crippen molar-refractivity contribution in [1.29, 1.82) is 0 Å². The zero-order valence-corrected chi connectivity index (χ0v) is 20.7. The number of likely N-dealkylation sites (tertiary alicyclic amines) is 1. The van der Waals surface area contributed by atoms with Gasteiger partial charge in [0, 0.05) is 42.3 Å². The van der Waals surface area contributed by atoms with Crippen molar-refractivity contribution in [1.82, 2.24) is 9.47 Å². The second kappa shape index (κ2) is 15.8. The summed E-state index contributed by atoms with van der Waals surface area (Å²) in [6.45, 7) is 20.5. The molecule has 0 aromatic carbocycles. The predicted octanol–water partition coefficient (Wildman–Crippen LogP) is 5.49. The van der Waals surface area contributed by atoms with Gasteiger partial charge in [-0.05, 0) is 57.4 Å². The van der Waals surface area contributed by atoms with Crippen LogP contribution in [0.5, 0.6) is 0 Å².